The van der Waals surface area contributed by atoms with Gasteiger partial charge in [-0.25, -0.2) is 0 Å². The largest absolute Gasteiger partial charge is 0.380 e. The number of hydrogen-bond acceptors (Lipinski definition) is 3. The highest BCUT2D eigenvalue weighted by molar-refractivity contribution is 4.83. The van der Waals surface area contributed by atoms with Crippen LogP contribution in [0.4, 0.5) is 0 Å². The summed E-state index contributed by atoms with van der Waals surface area (Å²) in [7, 11) is 0. The van der Waals surface area contributed by atoms with E-state index in [0.717, 1.165) is 25.7 Å². The standard InChI is InChI=1S/C10H20N2O/c11-4-1-9-2-5-12(7-9)10-3-6-13-8-10/h9-10H,1-8,11H2. The molecule has 2 aliphatic rings. The van der Waals surface area contributed by atoms with Crippen LogP contribution in [0.15, 0.2) is 0 Å². The average Bonchev–Trinajstić information content (AvgIpc) is 2.70. The van der Waals surface area contributed by atoms with Gasteiger partial charge in [-0.1, -0.05) is 0 Å². The molecule has 0 aromatic carbocycles. The van der Waals surface area contributed by atoms with Crippen molar-refractivity contribution in [3.05, 3.63) is 0 Å². The van der Waals surface area contributed by atoms with Gasteiger partial charge in [0.25, 0.3) is 0 Å². The van der Waals surface area contributed by atoms with E-state index in [1.54, 1.807) is 0 Å². The van der Waals surface area contributed by atoms with Gasteiger partial charge in [-0.3, -0.25) is 4.90 Å². The first kappa shape index (κ1) is 9.44. The van der Waals surface area contributed by atoms with Crippen LogP contribution in [-0.2, 0) is 4.74 Å². The van der Waals surface area contributed by atoms with E-state index >= 15 is 0 Å². The molecule has 2 heterocycles. The molecule has 0 spiro atoms. The third-order valence-electron chi connectivity index (χ3n) is 3.31. The highest BCUT2D eigenvalue weighted by Gasteiger charge is 2.29. The van der Waals surface area contributed by atoms with Gasteiger partial charge in [0.1, 0.15) is 0 Å². The Morgan fingerprint density at radius 1 is 1.38 bits per heavy atom. The van der Waals surface area contributed by atoms with Crippen LogP contribution in [0.1, 0.15) is 19.3 Å². The minimum absolute atomic E-state index is 0.711. The lowest BCUT2D eigenvalue weighted by Gasteiger charge is -2.22. The first-order valence-corrected chi connectivity index (χ1v) is 5.42. The Morgan fingerprint density at radius 3 is 3.00 bits per heavy atom. The Bertz CT molecular complexity index is 157. The molecule has 3 heteroatoms. The summed E-state index contributed by atoms with van der Waals surface area (Å²) < 4.78 is 5.40. The summed E-state index contributed by atoms with van der Waals surface area (Å²) in [6.45, 7) is 5.28. The predicted octanol–water partition coefficient (Wildman–Crippen LogP) is 0.446. The van der Waals surface area contributed by atoms with Gasteiger partial charge < -0.3 is 10.5 Å². The summed E-state index contributed by atoms with van der Waals surface area (Å²) in [6, 6.07) is 0.711. The van der Waals surface area contributed by atoms with E-state index in [-0.39, 0.29) is 0 Å². The SMILES string of the molecule is NCCC1CCN(C2CCOC2)C1. The van der Waals surface area contributed by atoms with Crippen LogP contribution >= 0.6 is 0 Å². The summed E-state index contributed by atoms with van der Waals surface area (Å²) in [6.07, 6.45) is 3.77. The normalized spacial score (nSPS) is 35.8. The van der Waals surface area contributed by atoms with Crippen LogP contribution in [0.3, 0.4) is 0 Å². The van der Waals surface area contributed by atoms with E-state index in [0.29, 0.717) is 6.04 Å². The molecule has 0 aromatic rings. The Morgan fingerprint density at radius 2 is 2.31 bits per heavy atom. The highest BCUT2D eigenvalue weighted by Crippen LogP contribution is 2.24. The number of nitrogens with two attached hydrogens (primary N) is 1. The van der Waals surface area contributed by atoms with Gasteiger partial charge in [0.15, 0.2) is 0 Å². The van der Waals surface area contributed by atoms with Crippen molar-refractivity contribution in [3.8, 4) is 0 Å². The lowest BCUT2D eigenvalue weighted by molar-refractivity contribution is 0.156. The highest BCUT2D eigenvalue weighted by atomic mass is 16.5. The molecule has 0 aromatic heterocycles. The lowest BCUT2D eigenvalue weighted by Crippen LogP contribution is -2.33. The fraction of sp³-hybridized carbons (Fsp3) is 1.00. The number of ether oxygens (including phenoxy) is 1. The zero-order valence-electron chi connectivity index (χ0n) is 8.24. The van der Waals surface area contributed by atoms with Crippen molar-refractivity contribution in [2.75, 3.05) is 32.8 Å². The number of rotatable bonds is 3. The maximum atomic E-state index is 5.56. The van der Waals surface area contributed by atoms with Crippen molar-refractivity contribution in [2.24, 2.45) is 11.7 Å². The Kier molecular flexibility index (Phi) is 3.19. The van der Waals surface area contributed by atoms with Crippen LogP contribution in [-0.4, -0.2) is 43.8 Å². The van der Waals surface area contributed by atoms with Gasteiger partial charge in [-0.05, 0) is 38.3 Å². The van der Waals surface area contributed by atoms with Crippen LogP contribution in [0, 0.1) is 5.92 Å². The zero-order chi connectivity index (χ0) is 9.10. The van der Waals surface area contributed by atoms with Crippen molar-refractivity contribution < 1.29 is 4.74 Å². The molecule has 0 amide bonds. The Hall–Kier alpha value is -0.120. The van der Waals surface area contributed by atoms with Crippen LogP contribution in [0.25, 0.3) is 0 Å². The molecule has 2 rings (SSSR count). The Balaban J connectivity index is 1.76. The molecule has 0 radical (unpaired) electrons. The molecule has 0 saturated carbocycles. The minimum Gasteiger partial charge on any atom is -0.380 e. The van der Waals surface area contributed by atoms with Gasteiger partial charge in [0.05, 0.1) is 6.61 Å². The van der Waals surface area contributed by atoms with Gasteiger partial charge in [0, 0.05) is 19.2 Å². The minimum atomic E-state index is 0.711. The predicted molar refractivity (Wildman–Crippen MR) is 52.6 cm³/mol. The molecule has 2 atom stereocenters. The Labute approximate surface area is 80.2 Å². The maximum Gasteiger partial charge on any atom is 0.0622 e. The monoisotopic (exact) mass is 184 g/mol. The second kappa shape index (κ2) is 4.40. The summed E-state index contributed by atoms with van der Waals surface area (Å²) >= 11 is 0. The molecule has 2 fully saturated rings. The average molecular weight is 184 g/mol. The van der Waals surface area contributed by atoms with Crippen LogP contribution < -0.4 is 5.73 Å². The van der Waals surface area contributed by atoms with Gasteiger partial charge >= 0.3 is 0 Å². The molecule has 2 N–H and O–H groups in total. The quantitative estimate of drug-likeness (QED) is 0.692. The van der Waals surface area contributed by atoms with E-state index in [1.165, 1.54) is 32.4 Å². The third-order valence-corrected chi connectivity index (χ3v) is 3.31. The van der Waals surface area contributed by atoms with Gasteiger partial charge in [-0.2, -0.15) is 0 Å². The molecule has 13 heavy (non-hydrogen) atoms. The lowest BCUT2D eigenvalue weighted by atomic mass is 10.1. The molecule has 0 aliphatic carbocycles. The zero-order valence-corrected chi connectivity index (χ0v) is 8.24. The molecule has 3 nitrogen and oxygen atoms in total. The fourth-order valence-corrected chi connectivity index (χ4v) is 2.48. The molecular formula is C10H20N2O. The third kappa shape index (κ3) is 2.22. The van der Waals surface area contributed by atoms with Crippen molar-refractivity contribution in [3.63, 3.8) is 0 Å². The van der Waals surface area contributed by atoms with Crippen molar-refractivity contribution >= 4 is 0 Å². The maximum absolute atomic E-state index is 5.56. The van der Waals surface area contributed by atoms with Crippen molar-refractivity contribution in [1.29, 1.82) is 0 Å². The first-order valence-electron chi connectivity index (χ1n) is 5.42. The molecule has 2 saturated heterocycles. The molecular weight excluding hydrogens is 164 g/mol. The fourth-order valence-electron chi connectivity index (χ4n) is 2.48. The van der Waals surface area contributed by atoms with Crippen LogP contribution in [0.2, 0.25) is 0 Å². The smallest absolute Gasteiger partial charge is 0.0622 e. The van der Waals surface area contributed by atoms with E-state index in [1.807, 2.05) is 0 Å². The molecule has 2 unspecified atom stereocenters. The van der Waals surface area contributed by atoms with Crippen molar-refractivity contribution in [1.82, 2.24) is 4.90 Å². The van der Waals surface area contributed by atoms with Gasteiger partial charge in [-0.15, -0.1) is 0 Å². The topological polar surface area (TPSA) is 38.5 Å². The number of likely N-dealkylation sites (tertiary alicyclic amines) is 1. The van der Waals surface area contributed by atoms with E-state index < -0.39 is 0 Å². The number of nitrogens with zero attached hydrogens (tertiary/aromatic N) is 1. The summed E-state index contributed by atoms with van der Waals surface area (Å²) in [5.74, 6) is 0.852. The second-order valence-corrected chi connectivity index (χ2v) is 4.24. The number of hydrogen-bond donors (Lipinski definition) is 1. The molecule has 76 valence electrons. The molecule has 0 bridgehead atoms. The summed E-state index contributed by atoms with van der Waals surface area (Å²) in [4.78, 5) is 2.59. The van der Waals surface area contributed by atoms with Crippen molar-refractivity contribution in [2.45, 2.75) is 25.3 Å². The second-order valence-electron chi connectivity index (χ2n) is 4.24. The summed E-state index contributed by atoms with van der Waals surface area (Å²) in [5, 5.41) is 0. The van der Waals surface area contributed by atoms with E-state index in [4.69, 9.17) is 10.5 Å². The molecule has 2 aliphatic heterocycles. The van der Waals surface area contributed by atoms with E-state index in [2.05, 4.69) is 4.90 Å². The van der Waals surface area contributed by atoms with Crippen LogP contribution in [0.5, 0.6) is 0 Å². The first-order chi connectivity index (χ1) is 6.40. The summed E-state index contributed by atoms with van der Waals surface area (Å²) in [5.41, 5.74) is 5.56. The van der Waals surface area contributed by atoms with E-state index in [9.17, 15) is 0 Å². The van der Waals surface area contributed by atoms with Gasteiger partial charge in [0.2, 0.25) is 0 Å².